The molecule has 0 unspecified atom stereocenters. The zero-order valence-electron chi connectivity index (χ0n) is 11.7. The molecule has 0 aliphatic heterocycles. The summed E-state index contributed by atoms with van der Waals surface area (Å²) in [5.74, 6) is 0.772. The standard InChI is InChI=1S/C15H23NO2/c1-5-9-16-15(17)13(6-2)18-14-10-11(3)7-8-12(14)4/h7-8,10,13H,5-6,9H2,1-4H3,(H,16,17)/t13-/m0/s1. The number of rotatable bonds is 6. The summed E-state index contributed by atoms with van der Waals surface area (Å²) < 4.78 is 5.82. The molecular formula is C15H23NO2. The third-order valence-corrected chi connectivity index (χ3v) is 2.83. The van der Waals surface area contributed by atoms with Gasteiger partial charge in [0, 0.05) is 6.54 Å². The van der Waals surface area contributed by atoms with Crippen molar-refractivity contribution in [1.29, 1.82) is 0 Å². The number of hydrogen-bond acceptors (Lipinski definition) is 2. The van der Waals surface area contributed by atoms with Crippen LogP contribution in [-0.4, -0.2) is 18.6 Å². The molecule has 0 saturated heterocycles. The fraction of sp³-hybridized carbons (Fsp3) is 0.533. The number of hydrogen-bond donors (Lipinski definition) is 1. The smallest absolute Gasteiger partial charge is 0.261 e. The van der Waals surface area contributed by atoms with Crippen LogP contribution in [-0.2, 0) is 4.79 Å². The highest BCUT2D eigenvalue weighted by molar-refractivity contribution is 5.81. The molecule has 0 fully saturated rings. The second-order valence-corrected chi connectivity index (χ2v) is 4.57. The summed E-state index contributed by atoms with van der Waals surface area (Å²) in [6.45, 7) is 8.70. The maximum absolute atomic E-state index is 11.9. The van der Waals surface area contributed by atoms with Crippen molar-refractivity contribution in [1.82, 2.24) is 5.32 Å². The van der Waals surface area contributed by atoms with Crippen LogP contribution in [0.4, 0.5) is 0 Å². The van der Waals surface area contributed by atoms with E-state index in [0.717, 1.165) is 23.3 Å². The Morgan fingerprint density at radius 3 is 2.67 bits per heavy atom. The maximum atomic E-state index is 11.9. The van der Waals surface area contributed by atoms with E-state index >= 15 is 0 Å². The molecule has 3 nitrogen and oxygen atoms in total. The number of benzene rings is 1. The van der Waals surface area contributed by atoms with Crippen LogP contribution in [0.5, 0.6) is 5.75 Å². The monoisotopic (exact) mass is 249 g/mol. The molecular weight excluding hydrogens is 226 g/mol. The maximum Gasteiger partial charge on any atom is 0.261 e. The van der Waals surface area contributed by atoms with Gasteiger partial charge in [0.15, 0.2) is 6.10 Å². The topological polar surface area (TPSA) is 38.3 Å². The second kappa shape index (κ2) is 7.04. The van der Waals surface area contributed by atoms with Crippen LogP contribution in [0.25, 0.3) is 0 Å². The molecule has 0 radical (unpaired) electrons. The molecule has 1 amide bonds. The lowest BCUT2D eigenvalue weighted by Gasteiger charge is -2.18. The Balaban J connectivity index is 2.73. The van der Waals surface area contributed by atoms with Gasteiger partial charge in [-0.25, -0.2) is 0 Å². The van der Waals surface area contributed by atoms with Crippen LogP contribution >= 0.6 is 0 Å². The summed E-state index contributed by atoms with van der Waals surface area (Å²) in [6, 6.07) is 6.03. The van der Waals surface area contributed by atoms with Crippen LogP contribution in [0.15, 0.2) is 18.2 Å². The van der Waals surface area contributed by atoms with Crippen LogP contribution in [0.1, 0.15) is 37.8 Å². The molecule has 0 aliphatic carbocycles. The third kappa shape index (κ3) is 4.06. The molecule has 0 spiro atoms. The van der Waals surface area contributed by atoms with E-state index in [1.165, 1.54) is 0 Å². The fourth-order valence-electron chi connectivity index (χ4n) is 1.67. The van der Waals surface area contributed by atoms with Gasteiger partial charge < -0.3 is 10.1 Å². The van der Waals surface area contributed by atoms with E-state index in [4.69, 9.17) is 4.74 Å². The first kappa shape index (κ1) is 14.6. The normalized spacial score (nSPS) is 12.0. The number of carbonyl (C=O) groups is 1. The van der Waals surface area contributed by atoms with Gasteiger partial charge in [0.2, 0.25) is 0 Å². The van der Waals surface area contributed by atoms with Gasteiger partial charge in [0.1, 0.15) is 5.75 Å². The summed E-state index contributed by atoms with van der Waals surface area (Å²) in [5.41, 5.74) is 2.20. The zero-order chi connectivity index (χ0) is 13.5. The summed E-state index contributed by atoms with van der Waals surface area (Å²) in [6.07, 6.45) is 1.20. The van der Waals surface area contributed by atoms with E-state index in [0.29, 0.717) is 13.0 Å². The molecule has 100 valence electrons. The van der Waals surface area contributed by atoms with Crippen LogP contribution in [0, 0.1) is 13.8 Å². The highest BCUT2D eigenvalue weighted by atomic mass is 16.5. The predicted octanol–water partition coefficient (Wildman–Crippen LogP) is 2.99. The van der Waals surface area contributed by atoms with Gasteiger partial charge in [-0.1, -0.05) is 26.0 Å². The Labute approximate surface area is 110 Å². The highest BCUT2D eigenvalue weighted by Gasteiger charge is 2.18. The van der Waals surface area contributed by atoms with Crippen molar-refractivity contribution in [3.63, 3.8) is 0 Å². The molecule has 1 aromatic rings. The van der Waals surface area contributed by atoms with Crippen molar-refractivity contribution >= 4 is 5.91 Å². The lowest BCUT2D eigenvalue weighted by atomic mass is 10.1. The van der Waals surface area contributed by atoms with E-state index < -0.39 is 6.10 Å². The Bertz CT molecular complexity index is 401. The van der Waals surface area contributed by atoms with Crippen molar-refractivity contribution in [3.8, 4) is 5.75 Å². The minimum atomic E-state index is -0.406. The number of nitrogens with one attached hydrogen (secondary N) is 1. The van der Waals surface area contributed by atoms with Crippen molar-refractivity contribution in [3.05, 3.63) is 29.3 Å². The van der Waals surface area contributed by atoms with E-state index in [9.17, 15) is 4.79 Å². The van der Waals surface area contributed by atoms with E-state index in [1.54, 1.807) is 0 Å². The Hall–Kier alpha value is -1.51. The number of carbonyl (C=O) groups excluding carboxylic acids is 1. The summed E-state index contributed by atoms with van der Waals surface area (Å²) in [4.78, 5) is 11.9. The third-order valence-electron chi connectivity index (χ3n) is 2.83. The average Bonchev–Trinajstić information content (AvgIpc) is 2.36. The van der Waals surface area contributed by atoms with Gasteiger partial charge in [-0.3, -0.25) is 4.79 Å². The number of aryl methyl sites for hydroxylation is 2. The highest BCUT2D eigenvalue weighted by Crippen LogP contribution is 2.21. The van der Waals surface area contributed by atoms with Gasteiger partial charge in [0.25, 0.3) is 5.91 Å². The van der Waals surface area contributed by atoms with Gasteiger partial charge in [-0.2, -0.15) is 0 Å². The van der Waals surface area contributed by atoms with Crippen molar-refractivity contribution in [2.45, 2.75) is 46.6 Å². The summed E-state index contributed by atoms with van der Waals surface area (Å²) >= 11 is 0. The Morgan fingerprint density at radius 1 is 1.33 bits per heavy atom. The minimum absolute atomic E-state index is 0.0275. The molecule has 1 aromatic carbocycles. The van der Waals surface area contributed by atoms with Gasteiger partial charge >= 0.3 is 0 Å². The molecule has 1 rings (SSSR count). The fourth-order valence-corrected chi connectivity index (χ4v) is 1.67. The molecule has 0 heterocycles. The van der Waals surface area contributed by atoms with Crippen molar-refractivity contribution in [2.75, 3.05) is 6.54 Å². The van der Waals surface area contributed by atoms with Crippen LogP contribution in [0.2, 0.25) is 0 Å². The molecule has 0 saturated carbocycles. The lowest BCUT2D eigenvalue weighted by Crippen LogP contribution is -2.38. The van der Waals surface area contributed by atoms with Gasteiger partial charge in [-0.15, -0.1) is 0 Å². The Kier molecular flexibility index (Phi) is 5.69. The molecule has 1 atom stereocenters. The Morgan fingerprint density at radius 2 is 2.06 bits per heavy atom. The molecule has 18 heavy (non-hydrogen) atoms. The minimum Gasteiger partial charge on any atom is -0.480 e. The zero-order valence-corrected chi connectivity index (χ0v) is 11.7. The SMILES string of the molecule is CCCNC(=O)[C@H](CC)Oc1cc(C)ccc1C. The van der Waals surface area contributed by atoms with Crippen molar-refractivity contribution in [2.24, 2.45) is 0 Å². The summed E-state index contributed by atoms with van der Waals surface area (Å²) in [7, 11) is 0. The second-order valence-electron chi connectivity index (χ2n) is 4.57. The molecule has 0 aliphatic rings. The number of amides is 1. The van der Waals surface area contributed by atoms with Gasteiger partial charge in [0.05, 0.1) is 0 Å². The van der Waals surface area contributed by atoms with Crippen LogP contribution < -0.4 is 10.1 Å². The van der Waals surface area contributed by atoms with E-state index in [2.05, 4.69) is 5.32 Å². The molecule has 0 bridgehead atoms. The van der Waals surface area contributed by atoms with Crippen molar-refractivity contribution < 1.29 is 9.53 Å². The van der Waals surface area contributed by atoms with E-state index in [1.807, 2.05) is 45.9 Å². The first-order valence-corrected chi connectivity index (χ1v) is 6.60. The quantitative estimate of drug-likeness (QED) is 0.841. The largest absolute Gasteiger partial charge is 0.480 e. The molecule has 0 aromatic heterocycles. The first-order valence-electron chi connectivity index (χ1n) is 6.60. The first-order chi connectivity index (χ1) is 8.58. The summed E-state index contributed by atoms with van der Waals surface area (Å²) in [5, 5.41) is 2.87. The lowest BCUT2D eigenvalue weighted by molar-refractivity contribution is -0.128. The van der Waals surface area contributed by atoms with Crippen LogP contribution in [0.3, 0.4) is 0 Å². The average molecular weight is 249 g/mol. The van der Waals surface area contributed by atoms with E-state index in [-0.39, 0.29) is 5.91 Å². The number of ether oxygens (including phenoxy) is 1. The van der Waals surface area contributed by atoms with Gasteiger partial charge in [-0.05, 0) is 43.9 Å². The molecule has 1 N–H and O–H groups in total. The predicted molar refractivity (Wildman–Crippen MR) is 73.9 cm³/mol. The molecule has 3 heteroatoms.